The molecule has 0 N–H and O–H groups in total. The number of fused-ring (bicyclic) bond motifs is 9. The highest BCUT2D eigenvalue weighted by molar-refractivity contribution is 7.26. The average molecular weight is 834 g/mol. The van der Waals surface area contributed by atoms with Crippen molar-refractivity contribution >= 4 is 70.5 Å². The third kappa shape index (κ3) is 5.51. The zero-order valence-electron chi connectivity index (χ0n) is 34.8. The Kier molecular flexibility index (Phi) is 8.34. The molecule has 2 aromatic heterocycles. The van der Waals surface area contributed by atoms with Crippen LogP contribution in [-0.2, 0) is 5.41 Å². The quantitative estimate of drug-likeness (QED) is 0.159. The fraction of sp³-hybridized carbons (Fsp3) is 0.0164. The Bertz CT molecular complexity index is 3660. The van der Waals surface area contributed by atoms with Crippen LogP contribution in [0.15, 0.2) is 241 Å². The molecule has 0 atom stereocenters. The zero-order valence-corrected chi connectivity index (χ0v) is 35.6. The largest absolute Gasteiger partial charge is 0.454 e. The lowest BCUT2D eigenvalue weighted by Gasteiger charge is -2.33. The summed E-state index contributed by atoms with van der Waals surface area (Å²) in [5.41, 5.74) is 16.6. The molecule has 0 amide bonds. The number of para-hydroxylation sites is 1. The predicted molar refractivity (Wildman–Crippen MR) is 269 cm³/mol. The Labute approximate surface area is 375 Å². The lowest BCUT2D eigenvalue weighted by atomic mass is 9.67. The Morgan fingerprint density at radius 2 is 0.938 bits per heavy atom. The first-order valence-electron chi connectivity index (χ1n) is 21.9. The highest BCUT2D eigenvalue weighted by atomic mass is 32.1. The third-order valence-corrected chi connectivity index (χ3v) is 14.6. The first-order valence-corrected chi connectivity index (χ1v) is 22.7. The second-order valence-corrected chi connectivity index (χ2v) is 17.8. The van der Waals surface area contributed by atoms with Crippen LogP contribution in [0.1, 0.15) is 22.3 Å². The van der Waals surface area contributed by atoms with E-state index in [0.29, 0.717) is 0 Å². The summed E-state index contributed by atoms with van der Waals surface area (Å²) in [6, 6.07) is 86.1. The minimum absolute atomic E-state index is 0.515. The van der Waals surface area contributed by atoms with E-state index in [1.54, 1.807) is 0 Å². The molecule has 10 aromatic carbocycles. The van der Waals surface area contributed by atoms with E-state index in [2.05, 4.69) is 241 Å². The smallest absolute Gasteiger partial charge is 0.159 e. The highest BCUT2D eigenvalue weighted by Crippen LogP contribution is 2.57. The predicted octanol–water partition coefficient (Wildman–Crippen LogP) is 17.1. The van der Waals surface area contributed by atoms with Gasteiger partial charge in [-0.2, -0.15) is 0 Å². The van der Waals surface area contributed by atoms with Crippen LogP contribution >= 0.6 is 11.3 Å². The minimum atomic E-state index is -0.515. The lowest BCUT2D eigenvalue weighted by Crippen LogP contribution is -2.28. The molecule has 64 heavy (non-hydrogen) atoms. The summed E-state index contributed by atoms with van der Waals surface area (Å²) in [6.07, 6.45) is 0. The molecule has 1 aliphatic rings. The summed E-state index contributed by atoms with van der Waals surface area (Å²) >= 11 is 1.87. The van der Waals surface area contributed by atoms with Crippen molar-refractivity contribution in [3.8, 4) is 33.4 Å². The minimum Gasteiger partial charge on any atom is -0.454 e. The maximum atomic E-state index is 7.22. The van der Waals surface area contributed by atoms with Crippen LogP contribution in [0.2, 0.25) is 0 Å². The summed E-state index contributed by atoms with van der Waals surface area (Å²) in [4.78, 5) is 2.35. The summed E-state index contributed by atoms with van der Waals surface area (Å²) in [5.74, 6) is 0. The topological polar surface area (TPSA) is 16.4 Å². The van der Waals surface area contributed by atoms with Gasteiger partial charge >= 0.3 is 0 Å². The molecule has 0 saturated carbocycles. The lowest BCUT2D eigenvalue weighted by molar-refractivity contribution is 0.666. The summed E-state index contributed by atoms with van der Waals surface area (Å²) in [6.45, 7) is 0. The number of rotatable bonds is 7. The van der Waals surface area contributed by atoms with E-state index in [-0.39, 0.29) is 0 Å². The van der Waals surface area contributed by atoms with Crippen LogP contribution in [0, 0.1) is 0 Å². The molecular formula is C61H39NOS. The van der Waals surface area contributed by atoms with Gasteiger partial charge in [0.25, 0.3) is 0 Å². The Morgan fingerprint density at radius 3 is 1.67 bits per heavy atom. The van der Waals surface area contributed by atoms with Gasteiger partial charge in [-0.1, -0.05) is 188 Å². The van der Waals surface area contributed by atoms with Gasteiger partial charge in [-0.05, 0) is 104 Å². The Morgan fingerprint density at radius 1 is 0.375 bits per heavy atom. The van der Waals surface area contributed by atoms with Gasteiger partial charge in [0.2, 0.25) is 0 Å². The van der Waals surface area contributed by atoms with Gasteiger partial charge in [0.1, 0.15) is 5.58 Å². The van der Waals surface area contributed by atoms with Crippen LogP contribution in [-0.4, -0.2) is 0 Å². The van der Waals surface area contributed by atoms with Crippen molar-refractivity contribution in [1.29, 1.82) is 0 Å². The average Bonchev–Trinajstić information content (AvgIpc) is 4.03. The van der Waals surface area contributed by atoms with Crippen molar-refractivity contribution in [2.75, 3.05) is 4.90 Å². The van der Waals surface area contributed by atoms with Crippen molar-refractivity contribution in [1.82, 2.24) is 0 Å². The number of thiophene rings is 1. The van der Waals surface area contributed by atoms with Crippen LogP contribution in [0.4, 0.5) is 17.1 Å². The maximum Gasteiger partial charge on any atom is 0.159 e. The van der Waals surface area contributed by atoms with Gasteiger partial charge in [-0.15, -0.1) is 11.3 Å². The van der Waals surface area contributed by atoms with Crippen LogP contribution in [0.5, 0.6) is 0 Å². The summed E-state index contributed by atoms with van der Waals surface area (Å²) in [7, 11) is 0. The molecule has 0 fully saturated rings. The van der Waals surface area contributed by atoms with E-state index in [9.17, 15) is 0 Å². The van der Waals surface area contributed by atoms with Gasteiger partial charge in [0.15, 0.2) is 5.58 Å². The Balaban J connectivity index is 1.00. The molecule has 12 aromatic rings. The maximum absolute atomic E-state index is 7.22. The standard InChI is InChI=1S/C61H39NOS/c1-4-16-40(17-5-1)41-30-34-45(35-31-41)62(46-36-32-42(33-37-46)47-24-14-26-51-49-23-11-13-29-58(49)64-60(47)51)56-28-15-25-50-53-38-52-48-22-10-12-27-54(48)61(43-18-6-2-7-19-43,44-20-8-3-9-21-44)55(52)39-57(53)63-59(50)56/h1-39H. The molecule has 13 rings (SSSR count). The third-order valence-electron chi connectivity index (χ3n) is 13.4. The summed E-state index contributed by atoms with van der Waals surface area (Å²) in [5, 5.41) is 4.81. The fourth-order valence-corrected chi connectivity index (χ4v) is 11.8. The van der Waals surface area contributed by atoms with Gasteiger partial charge in [-0.3, -0.25) is 0 Å². The molecule has 0 saturated heterocycles. The van der Waals surface area contributed by atoms with Gasteiger partial charge < -0.3 is 9.32 Å². The molecule has 2 nitrogen and oxygen atoms in total. The number of hydrogen-bond acceptors (Lipinski definition) is 3. The van der Waals surface area contributed by atoms with E-state index in [4.69, 9.17) is 4.42 Å². The van der Waals surface area contributed by atoms with Crippen molar-refractivity contribution in [2.45, 2.75) is 5.41 Å². The Hall–Kier alpha value is -7.98. The molecule has 0 spiro atoms. The number of furan rings is 1. The van der Waals surface area contributed by atoms with E-state index < -0.39 is 5.41 Å². The first kappa shape index (κ1) is 36.7. The van der Waals surface area contributed by atoms with Crippen LogP contribution in [0.3, 0.4) is 0 Å². The number of hydrogen-bond donors (Lipinski definition) is 0. The molecule has 0 aliphatic heterocycles. The van der Waals surface area contributed by atoms with E-state index in [0.717, 1.165) is 39.0 Å². The van der Waals surface area contributed by atoms with E-state index >= 15 is 0 Å². The first-order chi connectivity index (χ1) is 31.7. The zero-order chi connectivity index (χ0) is 42.2. The van der Waals surface area contributed by atoms with Gasteiger partial charge in [-0.25, -0.2) is 0 Å². The van der Waals surface area contributed by atoms with Crippen LogP contribution in [0.25, 0.3) is 75.5 Å². The van der Waals surface area contributed by atoms with Crippen LogP contribution < -0.4 is 4.90 Å². The SMILES string of the molecule is c1ccc(-c2ccc(N(c3ccc(-c4cccc5c4sc4ccccc45)cc3)c3cccc4c3oc3cc5c(cc34)-c3ccccc3C5(c3ccccc3)c3ccccc3)cc2)cc1. The van der Waals surface area contributed by atoms with Gasteiger partial charge in [0, 0.05) is 42.3 Å². The summed E-state index contributed by atoms with van der Waals surface area (Å²) < 4.78 is 9.85. The molecule has 3 heteroatoms. The normalized spacial score (nSPS) is 12.8. The molecule has 0 radical (unpaired) electrons. The second-order valence-electron chi connectivity index (χ2n) is 16.8. The number of nitrogens with zero attached hydrogens (tertiary/aromatic N) is 1. The molecule has 1 aliphatic carbocycles. The van der Waals surface area contributed by atoms with E-state index in [1.807, 2.05) is 11.3 Å². The monoisotopic (exact) mass is 833 g/mol. The molecule has 0 bridgehead atoms. The molecule has 2 heterocycles. The van der Waals surface area contributed by atoms with Crippen molar-refractivity contribution in [2.24, 2.45) is 0 Å². The van der Waals surface area contributed by atoms with Crippen molar-refractivity contribution < 1.29 is 4.42 Å². The van der Waals surface area contributed by atoms with Crippen molar-refractivity contribution in [3.05, 3.63) is 259 Å². The fourth-order valence-electron chi connectivity index (χ4n) is 10.5. The molecule has 300 valence electrons. The number of benzene rings is 10. The second kappa shape index (κ2) is 14.6. The van der Waals surface area contributed by atoms with Gasteiger partial charge in [0.05, 0.1) is 11.1 Å². The van der Waals surface area contributed by atoms with Crippen molar-refractivity contribution in [3.63, 3.8) is 0 Å². The number of anilines is 3. The highest BCUT2D eigenvalue weighted by Gasteiger charge is 2.46. The molecule has 0 unspecified atom stereocenters. The molecular weight excluding hydrogens is 795 g/mol. The van der Waals surface area contributed by atoms with E-state index in [1.165, 1.54) is 75.8 Å².